The molecule has 35 heavy (non-hydrogen) atoms. The molecule has 0 aliphatic carbocycles. The monoisotopic (exact) mass is 492 g/mol. The summed E-state index contributed by atoms with van der Waals surface area (Å²) in [6.45, 7) is 7.45. The molecule has 2 N–H and O–H groups in total. The molecular formula is C26H29FN6OS. The third-order valence-electron chi connectivity index (χ3n) is 5.93. The Morgan fingerprint density at radius 3 is 2.31 bits per heavy atom. The summed E-state index contributed by atoms with van der Waals surface area (Å²) < 4.78 is 30.4. The number of allylic oxidation sites excluding steroid dienone is 1. The summed E-state index contributed by atoms with van der Waals surface area (Å²) in [5.41, 5.74) is 10.0. The summed E-state index contributed by atoms with van der Waals surface area (Å²) in [5, 5.41) is 0. The van der Waals surface area contributed by atoms with Crippen molar-refractivity contribution in [3.05, 3.63) is 84.1 Å². The summed E-state index contributed by atoms with van der Waals surface area (Å²) >= 11 is 0. The zero-order chi connectivity index (χ0) is 24.8. The van der Waals surface area contributed by atoms with Gasteiger partial charge in [-0.3, -0.25) is 9.88 Å². The van der Waals surface area contributed by atoms with Gasteiger partial charge in [-0.05, 0) is 50.2 Å². The van der Waals surface area contributed by atoms with Crippen LogP contribution in [0.2, 0.25) is 0 Å². The zero-order valence-corrected chi connectivity index (χ0v) is 20.7. The van der Waals surface area contributed by atoms with E-state index in [9.17, 15) is 8.60 Å². The molecule has 0 amide bonds. The third kappa shape index (κ3) is 6.17. The molecule has 1 atom stereocenters. The number of hydrogen-bond acceptors (Lipinski definition) is 6. The standard InChI is InChI=1S/C26H29FN6OS/c1-19(28)24(20(2)31-35(34)23-6-4-3-5-7-23)18-32-14-16-33(17-15-32)26-25(29-12-13-30-26)21-8-10-22(27)11-9-21/h3-13H,14-18,28H2,1-2H3/b24-19-,31-20+. The van der Waals surface area contributed by atoms with Crippen LogP contribution in [0, 0.1) is 5.82 Å². The van der Waals surface area contributed by atoms with Crippen molar-refractivity contribution in [2.75, 3.05) is 37.6 Å². The van der Waals surface area contributed by atoms with Crippen LogP contribution in [0.15, 0.2) is 87.6 Å². The fourth-order valence-corrected chi connectivity index (χ4v) is 4.86. The first-order valence-corrected chi connectivity index (χ1v) is 12.5. The Morgan fingerprint density at radius 2 is 1.66 bits per heavy atom. The maximum atomic E-state index is 13.4. The molecule has 182 valence electrons. The fraction of sp³-hybridized carbons (Fsp3) is 0.269. The predicted molar refractivity (Wildman–Crippen MR) is 139 cm³/mol. The lowest BCUT2D eigenvalue weighted by Gasteiger charge is -2.36. The predicted octanol–water partition coefficient (Wildman–Crippen LogP) is 3.82. The first kappa shape index (κ1) is 24.7. The molecular weight excluding hydrogens is 463 g/mol. The minimum Gasteiger partial charge on any atom is -0.402 e. The van der Waals surface area contributed by atoms with Crippen molar-refractivity contribution in [3.8, 4) is 11.3 Å². The zero-order valence-electron chi connectivity index (χ0n) is 19.9. The second kappa shape index (κ2) is 11.3. The van der Waals surface area contributed by atoms with E-state index in [0.717, 1.165) is 48.8 Å². The van der Waals surface area contributed by atoms with Crippen LogP contribution in [0.4, 0.5) is 10.2 Å². The Morgan fingerprint density at radius 1 is 1.00 bits per heavy atom. The molecule has 1 fully saturated rings. The highest BCUT2D eigenvalue weighted by molar-refractivity contribution is 7.83. The van der Waals surface area contributed by atoms with E-state index in [1.54, 1.807) is 36.7 Å². The molecule has 1 saturated heterocycles. The maximum absolute atomic E-state index is 13.4. The average Bonchev–Trinajstić information content (AvgIpc) is 2.88. The number of nitrogens with zero attached hydrogens (tertiary/aromatic N) is 5. The van der Waals surface area contributed by atoms with Crippen molar-refractivity contribution >= 4 is 22.5 Å². The van der Waals surface area contributed by atoms with Gasteiger partial charge in [0.15, 0.2) is 16.8 Å². The van der Waals surface area contributed by atoms with Gasteiger partial charge in [-0.15, -0.1) is 0 Å². The van der Waals surface area contributed by atoms with Gasteiger partial charge in [0, 0.05) is 62.0 Å². The molecule has 1 unspecified atom stereocenters. The van der Waals surface area contributed by atoms with Gasteiger partial charge in [0.2, 0.25) is 0 Å². The lowest BCUT2D eigenvalue weighted by Crippen LogP contribution is -2.48. The average molecular weight is 493 g/mol. The third-order valence-corrected chi connectivity index (χ3v) is 7.04. The van der Waals surface area contributed by atoms with Gasteiger partial charge < -0.3 is 10.6 Å². The van der Waals surface area contributed by atoms with E-state index >= 15 is 0 Å². The lowest BCUT2D eigenvalue weighted by molar-refractivity contribution is 0.280. The van der Waals surface area contributed by atoms with E-state index in [-0.39, 0.29) is 5.82 Å². The number of rotatable bonds is 7. The van der Waals surface area contributed by atoms with Gasteiger partial charge in [-0.25, -0.2) is 13.6 Å². The fourth-order valence-electron chi connectivity index (χ4n) is 4.01. The number of nitrogens with two attached hydrogens (primary N) is 1. The van der Waals surface area contributed by atoms with Crippen molar-refractivity contribution in [1.82, 2.24) is 14.9 Å². The molecule has 1 aliphatic heterocycles. The molecule has 0 spiro atoms. The Labute approximate surface area is 207 Å². The van der Waals surface area contributed by atoms with Gasteiger partial charge in [-0.1, -0.05) is 18.2 Å². The minimum atomic E-state index is -1.48. The quantitative estimate of drug-likeness (QED) is 0.505. The number of piperazine rings is 1. The molecule has 4 rings (SSSR count). The van der Waals surface area contributed by atoms with Crippen LogP contribution in [0.3, 0.4) is 0 Å². The summed E-state index contributed by atoms with van der Waals surface area (Å²) in [4.78, 5) is 14.3. The molecule has 0 saturated carbocycles. The number of anilines is 1. The Hall–Kier alpha value is -3.43. The van der Waals surface area contributed by atoms with Crippen LogP contribution in [0.25, 0.3) is 11.3 Å². The van der Waals surface area contributed by atoms with E-state index < -0.39 is 11.0 Å². The maximum Gasteiger partial charge on any atom is 0.172 e. The summed E-state index contributed by atoms with van der Waals surface area (Å²) in [7, 11) is -1.48. The van der Waals surface area contributed by atoms with Crippen molar-refractivity contribution in [2.24, 2.45) is 10.1 Å². The van der Waals surface area contributed by atoms with E-state index in [2.05, 4.69) is 24.2 Å². The molecule has 2 heterocycles. The summed E-state index contributed by atoms with van der Waals surface area (Å²) in [6.07, 6.45) is 3.33. The normalized spacial score (nSPS) is 16.7. The topological polar surface area (TPSA) is 87.7 Å². The molecule has 3 aromatic rings. The largest absolute Gasteiger partial charge is 0.402 e. The van der Waals surface area contributed by atoms with Gasteiger partial charge in [-0.2, -0.15) is 4.40 Å². The molecule has 0 bridgehead atoms. The van der Waals surface area contributed by atoms with Gasteiger partial charge in [0.05, 0.1) is 10.6 Å². The highest BCUT2D eigenvalue weighted by Gasteiger charge is 2.23. The Bertz CT molecular complexity index is 1230. The SMILES string of the molecule is C/C(N)=C(CN1CCN(c2nccnc2-c2ccc(F)cc2)CC1)/C(C)=N/S(=O)c1ccccc1. The smallest absolute Gasteiger partial charge is 0.172 e. The minimum absolute atomic E-state index is 0.279. The van der Waals surface area contributed by atoms with E-state index in [1.807, 2.05) is 32.0 Å². The van der Waals surface area contributed by atoms with Crippen molar-refractivity contribution in [2.45, 2.75) is 18.7 Å². The number of hydrogen-bond donors (Lipinski definition) is 1. The molecule has 7 nitrogen and oxygen atoms in total. The highest BCUT2D eigenvalue weighted by Crippen LogP contribution is 2.27. The Kier molecular flexibility index (Phi) is 7.99. The van der Waals surface area contributed by atoms with Crippen LogP contribution < -0.4 is 10.6 Å². The van der Waals surface area contributed by atoms with Crippen LogP contribution in [-0.2, 0) is 11.0 Å². The summed E-state index contributed by atoms with van der Waals surface area (Å²) in [5.74, 6) is 0.513. The van der Waals surface area contributed by atoms with Gasteiger partial charge in [0.25, 0.3) is 0 Å². The van der Waals surface area contributed by atoms with Crippen molar-refractivity contribution < 1.29 is 8.60 Å². The number of halogens is 1. The molecule has 2 aromatic carbocycles. The Balaban J connectivity index is 1.43. The van der Waals surface area contributed by atoms with E-state index in [4.69, 9.17) is 5.73 Å². The lowest BCUT2D eigenvalue weighted by atomic mass is 10.1. The van der Waals surface area contributed by atoms with Crippen molar-refractivity contribution in [1.29, 1.82) is 0 Å². The first-order valence-electron chi connectivity index (χ1n) is 11.4. The van der Waals surface area contributed by atoms with Crippen LogP contribution >= 0.6 is 0 Å². The molecule has 1 aliphatic rings. The van der Waals surface area contributed by atoms with Crippen LogP contribution in [-0.4, -0.2) is 57.5 Å². The summed E-state index contributed by atoms with van der Waals surface area (Å²) in [6, 6.07) is 15.5. The number of benzene rings is 2. The highest BCUT2D eigenvalue weighted by atomic mass is 32.2. The number of aromatic nitrogens is 2. The first-order chi connectivity index (χ1) is 16.9. The van der Waals surface area contributed by atoms with Gasteiger partial charge >= 0.3 is 0 Å². The van der Waals surface area contributed by atoms with Crippen LogP contribution in [0.5, 0.6) is 0 Å². The second-order valence-electron chi connectivity index (χ2n) is 8.40. The molecule has 0 radical (unpaired) electrons. The van der Waals surface area contributed by atoms with E-state index in [0.29, 0.717) is 22.8 Å². The second-order valence-corrected chi connectivity index (χ2v) is 9.55. The van der Waals surface area contributed by atoms with Crippen LogP contribution in [0.1, 0.15) is 13.8 Å². The molecule has 1 aromatic heterocycles. The van der Waals surface area contributed by atoms with Crippen molar-refractivity contribution in [3.63, 3.8) is 0 Å². The van der Waals surface area contributed by atoms with E-state index in [1.165, 1.54) is 12.1 Å². The molecule has 9 heteroatoms. The van der Waals surface area contributed by atoms with Gasteiger partial charge in [0.1, 0.15) is 11.5 Å².